The Morgan fingerprint density at radius 3 is 2.50 bits per heavy atom. The van der Waals surface area contributed by atoms with Crippen LogP contribution in [0.1, 0.15) is 36.0 Å². The summed E-state index contributed by atoms with van der Waals surface area (Å²) in [7, 11) is 0. The number of carboxylic acid groups (broad SMARTS) is 1. The first-order valence-electron chi connectivity index (χ1n) is 5.80. The van der Waals surface area contributed by atoms with Crippen molar-refractivity contribution in [3.63, 3.8) is 0 Å². The molecule has 0 amide bonds. The van der Waals surface area contributed by atoms with Gasteiger partial charge in [-0.15, -0.1) is 11.3 Å². The molecule has 0 saturated heterocycles. The molecule has 20 heavy (non-hydrogen) atoms. The number of hydrogen-bond donors (Lipinski definition) is 1. The van der Waals surface area contributed by atoms with E-state index in [0.717, 1.165) is 4.88 Å². The lowest BCUT2D eigenvalue weighted by Gasteiger charge is -1.97. The highest BCUT2D eigenvalue weighted by Crippen LogP contribution is 2.29. The van der Waals surface area contributed by atoms with E-state index < -0.39 is 11.8 Å². The lowest BCUT2D eigenvalue weighted by molar-refractivity contribution is 0.0696. The van der Waals surface area contributed by atoms with Crippen molar-refractivity contribution in [1.82, 2.24) is 0 Å². The molecule has 0 unspecified atom stereocenters. The monoisotopic (exact) mass is 284 g/mol. The van der Waals surface area contributed by atoms with Crippen LogP contribution < -0.4 is 0 Å². The normalized spacial score (nSPS) is 15.7. The van der Waals surface area contributed by atoms with Crippen molar-refractivity contribution in [3.05, 3.63) is 62.9 Å². The van der Waals surface area contributed by atoms with Crippen LogP contribution in [0, 0.1) is 0 Å². The van der Waals surface area contributed by atoms with Gasteiger partial charge in [0.2, 0.25) is 0 Å². The highest BCUT2D eigenvalue weighted by Gasteiger charge is 2.33. The molecule has 0 aliphatic heterocycles. The van der Waals surface area contributed by atoms with Crippen molar-refractivity contribution in [2.24, 2.45) is 0 Å². The Morgan fingerprint density at radius 1 is 1.10 bits per heavy atom. The third-order valence-electron chi connectivity index (χ3n) is 3.07. The molecule has 0 spiro atoms. The minimum Gasteiger partial charge on any atom is -0.478 e. The standard InChI is InChI=1S/C15H8O4S/c16-13-10-4-3-8(15(18)19)6-11(10)14(17)12(13)7-9-2-1-5-20-9/h1-7H,(H,18,19). The Labute approximate surface area is 118 Å². The smallest absolute Gasteiger partial charge is 0.335 e. The molecule has 0 saturated carbocycles. The number of carbonyl (C=O) groups excluding carboxylic acids is 2. The van der Waals surface area contributed by atoms with Gasteiger partial charge in [-0.2, -0.15) is 0 Å². The van der Waals surface area contributed by atoms with Crippen molar-refractivity contribution in [2.75, 3.05) is 0 Å². The number of ketones is 2. The number of thiophene rings is 1. The van der Waals surface area contributed by atoms with E-state index in [0.29, 0.717) is 0 Å². The summed E-state index contributed by atoms with van der Waals surface area (Å²) in [6.45, 7) is 0. The fourth-order valence-corrected chi connectivity index (χ4v) is 2.76. The third kappa shape index (κ3) is 1.88. The van der Waals surface area contributed by atoms with E-state index in [9.17, 15) is 14.4 Å². The van der Waals surface area contributed by atoms with Gasteiger partial charge in [0.15, 0.2) is 11.6 Å². The number of benzene rings is 1. The summed E-state index contributed by atoms with van der Waals surface area (Å²) >= 11 is 1.43. The molecule has 98 valence electrons. The number of rotatable bonds is 2. The van der Waals surface area contributed by atoms with Gasteiger partial charge in [-0.25, -0.2) is 4.79 Å². The third-order valence-corrected chi connectivity index (χ3v) is 3.89. The molecule has 1 heterocycles. The number of aromatic carboxylic acids is 1. The molecule has 0 atom stereocenters. The van der Waals surface area contributed by atoms with Gasteiger partial charge >= 0.3 is 5.97 Å². The van der Waals surface area contributed by atoms with Crippen molar-refractivity contribution >= 4 is 34.9 Å². The molecule has 1 aliphatic rings. The van der Waals surface area contributed by atoms with Crippen LogP contribution in [-0.2, 0) is 0 Å². The summed E-state index contributed by atoms with van der Waals surface area (Å²) in [5, 5.41) is 10.8. The molecular formula is C15H8O4S. The molecule has 1 aromatic carbocycles. The van der Waals surface area contributed by atoms with Gasteiger partial charge in [0, 0.05) is 16.0 Å². The number of carboxylic acids is 1. The number of allylic oxidation sites excluding steroid dienone is 1. The highest BCUT2D eigenvalue weighted by atomic mass is 32.1. The first kappa shape index (κ1) is 12.5. The quantitative estimate of drug-likeness (QED) is 0.680. The van der Waals surface area contributed by atoms with E-state index in [1.54, 1.807) is 6.08 Å². The zero-order valence-corrected chi connectivity index (χ0v) is 10.9. The Balaban J connectivity index is 2.10. The van der Waals surface area contributed by atoms with Gasteiger partial charge in [-0.05, 0) is 35.7 Å². The summed E-state index contributed by atoms with van der Waals surface area (Å²) in [4.78, 5) is 36.1. The summed E-state index contributed by atoms with van der Waals surface area (Å²) < 4.78 is 0. The predicted molar refractivity (Wildman–Crippen MR) is 74.4 cm³/mol. The van der Waals surface area contributed by atoms with Crippen molar-refractivity contribution in [1.29, 1.82) is 0 Å². The molecule has 0 fully saturated rings. The number of carbonyl (C=O) groups is 3. The zero-order valence-electron chi connectivity index (χ0n) is 10.1. The summed E-state index contributed by atoms with van der Waals surface area (Å²) in [6, 6.07) is 7.63. The average Bonchev–Trinajstić information content (AvgIpc) is 3.02. The average molecular weight is 284 g/mol. The molecule has 1 aromatic heterocycles. The SMILES string of the molecule is O=C(O)c1ccc2c(c1)C(=O)C(=Cc1cccs1)C2=O. The maximum Gasteiger partial charge on any atom is 0.335 e. The molecule has 3 rings (SSSR count). The first-order chi connectivity index (χ1) is 9.58. The number of hydrogen-bond acceptors (Lipinski definition) is 4. The Hall–Kier alpha value is -2.53. The first-order valence-corrected chi connectivity index (χ1v) is 6.68. The fourth-order valence-electron chi connectivity index (χ4n) is 2.10. The Bertz CT molecular complexity index is 769. The molecule has 1 N–H and O–H groups in total. The van der Waals surface area contributed by atoms with Crippen LogP contribution in [0.3, 0.4) is 0 Å². The topological polar surface area (TPSA) is 71.4 Å². The molecule has 2 aromatic rings. The van der Waals surface area contributed by atoms with Crippen molar-refractivity contribution < 1.29 is 19.5 Å². The number of Topliss-reactive ketones (excluding diaryl/α,β-unsaturated/α-hetero) is 2. The predicted octanol–water partition coefficient (Wildman–Crippen LogP) is 2.91. The summed E-state index contributed by atoms with van der Waals surface area (Å²) in [6.07, 6.45) is 1.55. The van der Waals surface area contributed by atoms with Crippen LogP contribution >= 0.6 is 11.3 Å². The largest absolute Gasteiger partial charge is 0.478 e. The molecule has 0 bridgehead atoms. The Morgan fingerprint density at radius 2 is 1.85 bits per heavy atom. The van der Waals surface area contributed by atoms with Crippen LogP contribution in [0.15, 0.2) is 41.3 Å². The van der Waals surface area contributed by atoms with Crippen molar-refractivity contribution in [3.8, 4) is 0 Å². The Kier molecular flexibility index (Phi) is 2.84. The summed E-state index contributed by atoms with van der Waals surface area (Å²) in [5.74, 6) is -1.89. The molecule has 0 radical (unpaired) electrons. The molecule has 4 nitrogen and oxygen atoms in total. The van der Waals surface area contributed by atoms with Gasteiger partial charge in [0.1, 0.15) is 0 Å². The van der Waals surface area contributed by atoms with Crippen LogP contribution in [-0.4, -0.2) is 22.6 Å². The van der Waals surface area contributed by atoms with E-state index in [4.69, 9.17) is 5.11 Å². The van der Waals surface area contributed by atoms with Crippen LogP contribution in [0.25, 0.3) is 6.08 Å². The van der Waals surface area contributed by atoms with E-state index in [-0.39, 0.29) is 28.0 Å². The van der Waals surface area contributed by atoms with Gasteiger partial charge in [0.25, 0.3) is 0 Å². The van der Waals surface area contributed by atoms with E-state index in [1.807, 2.05) is 17.5 Å². The molecular weight excluding hydrogens is 276 g/mol. The second-order valence-electron chi connectivity index (χ2n) is 4.30. The number of fused-ring (bicyclic) bond motifs is 1. The minimum absolute atomic E-state index is 0.00211. The van der Waals surface area contributed by atoms with Gasteiger partial charge in [0.05, 0.1) is 11.1 Å². The van der Waals surface area contributed by atoms with Gasteiger partial charge < -0.3 is 5.11 Å². The van der Waals surface area contributed by atoms with Gasteiger partial charge in [-0.3, -0.25) is 9.59 Å². The van der Waals surface area contributed by atoms with E-state index in [2.05, 4.69) is 0 Å². The lowest BCUT2D eigenvalue weighted by Crippen LogP contribution is -2.00. The highest BCUT2D eigenvalue weighted by molar-refractivity contribution is 7.10. The maximum absolute atomic E-state index is 12.2. The lowest BCUT2D eigenvalue weighted by atomic mass is 10.1. The van der Waals surface area contributed by atoms with Crippen LogP contribution in [0.4, 0.5) is 0 Å². The van der Waals surface area contributed by atoms with Crippen molar-refractivity contribution in [2.45, 2.75) is 0 Å². The van der Waals surface area contributed by atoms with E-state index in [1.165, 1.54) is 29.5 Å². The molecule has 5 heteroatoms. The second-order valence-corrected chi connectivity index (χ2v) is 5.28. The minimum atomic E-state index is -1.12. The van der Waals surface area contributed by atoms with Crippen LogP contribution in [0.5, 0.6) is 0 Å². The van der Waals surface area contributed by atoms with Crippen LogP contribution in [0.2, 0.25) is 0 Å². The van der Waals surface area contributed by atoms with Gasteiger partial charge in [-0.1, -0.05) is 6.07 Å². The molecule has 1 aliphatic carbocycles. The fraction of sp³-hybridized carbons (Fsp3) is 0. The second kappa shape index (κ2) is 4.54. The van der Waals surface area contributed by atoms with E-state index >= 15 is 0 Å². The zero-order chi connectivity index (χ0) is 14.3. The maximum atomic E-state index is 12.2. The summed E-state index contributed by atoms with van der Waals surface area (Å²) in [5.41, 5.74) is 0.521.